The Morgan fingerprint density at radius 1 is 1.16 bits per heavy atom. The molecule has 0 saturated carbocycles. The maximum atomic E-state index is 14.2. The normalized spacial score (nSPS) is 12.8. The third kappa shape index (κ3) is 6.03. The van der Waals surface area contributed by atoms with Crippen molar-refractivity contribution in [1.29, 1.82) is 5.26 Å². The predicted molar refractivity (Wildman–Crippen MR) is 126 cm³/mol. The number of amides is 1. The number of anilines is 2. The van der Waals surface area contributed by atoms with Crippen LogP contribution in [0, 0.1) is 11.3 Å². The van der Waals surface area contributed by atoms with E-state index in [1.807, 2.05) is 6.07 Å². The Balaban J connectivity index is 1.69. The fourth-order valence-corrected chi connectivity index (χ4v) is 3.37. The van der Waals surface area contributed by atoms with Gasteiger partial charge in [-0.15, -0.1) is 0 Å². The van der Waals surface area contributed by atoms with Crippen LogP contribution in [-0.2, 0) is 6.54 Å². The molecule has 4 aromatic heterocycles. The Hall–Kier alpha value is -4.58. The number of nitriles is 1. The molecule has 0 aromatic carbocycles. The Morgan fingerprint density at radius 3 is 2.61 bits per heavy atom. The third-order valence-electron chi connectivity index (χ3n) is 5.36. The highest BCUT2D eigenvalue weighted by atomic mass is 19.4. The van der Waals surface area contributed by atoms with Crippen LogP contribution in [0.3, 0.4) is 0 Å². The molecule has 0 aliphatic rings. The quantitative estimate of drug-likeness (QED) is 0.294. The van der Waals surface area contributed by atoms with Crippen LogP contribution in [0.25, 0.3) is 17.0 Å². The lowest BCUT2D eigenvalue weighted by Gasteiger charge is -2.22. The zero-order chi connectivity index (χ0) is 27.7. The van der Waals surface area contributed by atoms with Crippen LogP contribution in [0.4, 0.5) is 28.9 Å². The Kier molecular flexibility index (Phi) is 7.01. The minimum absolute atomic E-state index is 0.0474. The van der Waals surface area contributed by atoms with Gasteiger partial charge in [0, 0.05) is 18.5 Å². The summed E-state index contributed by atoms with van der Waals surface area (Å²) in [5.74, 6) is -0.740. The molecule has 11 nitrogen and oxygen atoms in total. The number of imidazole rings is 1. The highest BCUT2D eigenvalue weighted by Crippen LogP contribution is 2.27. The first kappa shape index (κ1) is 26.5. The van der Waals surface area contributed by atoms with E-state index in [9.17, 15) is 27.5 Å². The molecule has 198 valence electrons. The standard InChI is InChI=1S/C23H21F4N9O2/c1-22(2,38)19(24)10-31-21(37)15-8-29-17(18-9-30-20-3-13(5-28)6-33-36(18)20)4-16(15)34-14-7-32-35(11-14)12-23(25,26)27/h3-4,6-9,11,19,38H,10,12H2,1-2H3,(H,29,34)(H,31,37). The van der Waals surface area contributed by atoms with Gasteiger partial charge in [-0.3, -0.25) is 14.5 Å². The van der Waals surface area contributed by atoms with Crippen molar-refractivity contribution in [3.05, 3.63) is 54.2 Å². The van der Waals surface area contributed by atoms with Crippen LogP contribution in [0.15, 0.2) is 43.1 Å². The summed E-state index contributed by atoms with van der Waals surface area (Å²) in [5, 5.41) is 32.0. The Morgan fingerprint density at radius 2 is 1.92 bits per heavy atom. The van der Waals surface area contributed by atoms with Crippen molar-refractivity contribution in [2.24, 2.45) is 0 Å². The molecule has 3 N–H and O–H groups in total. The van der Waals surface area contributed by atoms with E-state index in [0.29, 0.717) is 21.6 Å². The minimum atomic E-state index is -4.48. The molecule has 0 aliphatic heterocycles. The number of nitrogens with zero attached hydrogens (tertiary/aromatic N) is 7. The molecule has 0 bridgehead atoms. The topological polar surface area (TPSA) is 146 Å². The second-order valence-corrected chi connectivity index (χ2v) is 8.88. The molecule has 4 aromatic rings. The van der Waals surface area contributed by atoms with Crippen LogP contribution < -0.4 is 10.6 Å². The van der Waals surface area contributed by atoms with E-state index in [2.05, 4.69) is 30.8 Å². The monoisotopic (exact) mass is 531 g/mol. The zero-order valence-corrected chi connectivity index (χ0v) is 20.0. The predicted octanol–water partition coefficient (Wildman–Crippen LogP) is 3.00. The fourth-order valence-electron chi connectivity index (χ4n) is 3.37. The van der Waals surface area contributed by atoms with Crippen LogP contribution in [0.5, 0.6) is 0 Å². The lowest BCUT2D eigenvalue weighted by Crippen LogP contribution is -2.42. The van der Waals surface area contributed by atoms with E-state index in [0.717, 1.165) is 12.4 Å². The van der Waals surface area contributed by atoms with Crippen LogP contribution >= 0.6 is 0 Å². The van der Waals surface area contributed by atoms with Gasteiger partial charge in [0.05, 0.1) is 58.9 Å². The first-order chi connectivity index (χ1) is 17.8. The summed E-state index contributed by atoms with van der Waals surface area (Å²) in [7, 11) is 0. The maximum Gasteiger partial charge on any atom is 0.408 e. The van der Waals surface area contributed by atoms with Crippen LogP contribution in [0.2, 0.25) is 0 Å². The Bertz CT molecular complexity index is 1520. The number of rotatable bonds is 8. The summed E-state index contributed by atoms with van der Waals surface area (Å²) in [4.78, 5) is 21.4. The molecule has 38 heavy (non-hydrogen) atoms. The lowest BCUT2D eigenvalue weighted by molar-refractivity contribution is -0.142. The number of aromatic nitrogens is 6. The molecule has 0 fully saturated rings. The average molecular weight is 531 g/mol. The summed E-state index contributed by atoms with van der Waals surface area (Å²) in [6.45, 7) is 0.715. The summed E-state index contributed by atoms with van der Waals surface area (Å²) in [5.41, 5.74) is -0.110. The number of pyridine rings is 1. The van der Waals surface area contributed by atoms with Gasteiger partial charge in [-0.25, -0.2) is 13.9 Å². The van der Waals surface area contributed by atoms with Gasteiger partial charge in [-0.1, -0.05) is 0 Å². The number of hydrogen-bond donors (Lipinski definition) is 3. The van der Waals surface area contributed by atoms with Crippen molar-refractivity contribution in [3.63, 3.8) is 0 Å². The number of fused-ring (bicyclic) bond motifs is 1. The SMILES string of the molecule is CC(C)(O)C(F)CNC(=O)c1cnc(-c2cnc3cc(C#N)cnn23)cc1Nc1cnn(CC(F)(F)F)c1. The van der Waals surface area contributed by atoms with Gasteiger partial charge >= 0.3 is 6.18 Å². The maximum absolute atomic E-state index is 14.2. The van der Waals surface area contributed by atoms with E-state index in [1.165, 1.54) is 49.1 Å². The molecular formula is C23H21F4N9O2. The van der Waals surface area contributed by atoms with Gasteiger partial charge < -0.3 is 15.7 Å². The summed E-state index contributed by atoms with van der Waals surface area (Å²) in [6, 6.07) is 4.93. The van der Waals surface area contributed by atoms with Crippen LogP contribution in [-0.4, -0.2) is 64.9 Å². The van der Waals surface area contributed by atoms with Gasteiger partial charge in [0.2, 0.25) is 0 Å². The van der Waals surface area contributed by atoms with Gasteiger partial charge in [-0.2, -0.15) is 28.6 Å². The highest BCUT2D eigenvalue weighted by Gasteiger charge is 2.29. The average Bonchev–Trinajstić information content (AvgIpc) is 3.46. The number of hydrogen-bond acceptors (Lipinski definition) is 8. The van der Waals surface area contributed by atoms with Crippen molar-refractivity contribution in [1.82, 2.24) is 34.7 Å². The van der Waals surface area contributed by atoms with Gasteiger partial charge in [0.25, 0.3) is 5.91 Å². The highest BCUT2D eigenvalue weighted by molar-refractivity contribution is 6.00. The van der Waals surface area contributed by atoms with E-state index in [4.69, 9.17) is 5.26 Å². The number of carbonyl (C=O) groups excluding carboxylic acids is 1. The van der Waals surface area contributed by atoms with Crippen LogP contribution in [0.1, 0.15) is 29.8 Å². The molecule has 0 saturated heterocycles. The van der Waals surface area contributed by atoms with E-state index in [-0.39, 0.29) is 22.6 Å². The summed E-state index contributed by atoms with van der Waals surface area (Å²) >= 11 is 0. The number of aliphatic hydroxyl groups is 1. The van der Waals surface area contributed by atoms with Crippen molar-refractivity contribution >= 4 is 22.9 Å². The van der Waals surface area contributed by atoms with E-state index >= 15 is 0 Å². The molecule has 1 atom stereocenters. The molecule has 0 aliphatic carbocycles. The minimum Gasteiger partial charge on any atom is -0.387 e. The van der Waals surface area contributed by atoms with Crippen molar-refractivity contribution < 1.29 is 27.5 Å². The first-order valence-electron chi connectivity index (χ1n) is 11.1. The number of carbonyl (C=O) groups is 1. The van der Waals surface area contributed by atoms with Crippen molar-refractivity contribution in [2.75, 3.05) is 11.9 Å². The third-order valence-corrected chi connectivity index (χ3v) is 5.36. The molecule has 1 amide bonds. The lowest BCUT2D eigenvalue weighted by atomic mass is 10.0. The summed E-state index contributed by atoms with van der Waals surface area (Å²) < 4.78 is 54.5. The van der Waals surface area contributed by atoms with E-state index in [1.54, 1.807) is 0 Å². The molecule has 0 radical (unpaired) electrons. The van der Waals surface area contributed by atoms with Gasteiger partial charge in [0.1, 0.15) is 24.5 Å². The van der Waals surface area contributed by atoms with Gasteiger partial charge in [0.15, 0.2) is 5.65 Å². The molecular weight excluding hydrogens is 510 g/mol. The molecule has 4 rings (SSSR count). The van der Waals surface area contributed by atoms with Crippen molar-refractivity contribution in [2.45, 2.75) is 38.3 Å². The number of halogens is 4. The second kappa shape index (κ2) is 10.1. The number of nitrogens with one attached hydrogen (secondary N) is 2. The molecule has 15 heteroatoms. The largest absolute Gasteiger partial charge is 0.408 e. The molecule has 1 unspecified atom stereocenters. The molecule has 4 heterocycles. The van der Waals surface area contributed by atoms with Gasteiger partial charge in [-0.05, 0) is 19.9 Å². The second-order valence-electron chi connectivity index (χ2n) is 8.88. The smallest absolute Gasteiger partial charge is 0.387 e. The van der Waals surface area contributed by atoms with Crippen molar-refractivity contribution in [3.8, 4) is 17.5 Å². The first-order valence-corrected chi connectivity index (χ1v) is 11.1. The Labute approximate surface area is 212 Å². The summed E-state index contributed by atoms with van der Waals surface area (Å²) in [6.07, 6.45) is 0.00574. The number of alkyl halides is 4. The zero-order valence-electron chi connectivity index (χ0n) is 20.0. The molecule has 0 spiro atoms. The van der Waals surface area contributed by atoms with E-state index < -0.39 is 36.9 Å². The fraction of sp³-hybridized carbons (Fsp3) is 0.304.